The fourth-order valence-corrected chi connectivity index (χ4v) is 3.10. The molecule has 1 aliphatic heterocycles. The maximum Gasteiger partial charge on any atom is 0.105 e. The van der Waals surface area contributed by atoms with Crippen LogP contribution >= 0.6 is 15.9 Å². The Morgan fingerprint density at radius 1 is 1.42 bits per heavy atom. The molecule has 4 nitrogen and oxygen atoms in total. The Bertz CT molecular complexity index is 566. The zero-order valence-electron chi connectivity index (χ0n) is 11.0. The molecule has 0 bridgehead atoms. The number of imidazole rings is 1. The minimum atomic E-state index is 0.531. The van der Waals surface area contributed by atoms with Crippen LogP contribution in [0.2, 0.25) is 0 Å². The Hall–Kier alpha value is -1.36. The first-order valence-corrected chi connectivity index (χ1v) is 7.38. The largest absolute Gasteiger partial charge is 0.365 e. The van der Waals surface area contributed by atoms with Crippen LogP contribution in [0.15, 0.2) is 35.3 Å². The standard InChI is InChI=1S/C14H17BrN4/c1-11-17-4-6-18(11)10-13-3-2-5-19(13)14-7-12(15)8-16-9-14/h4,6-9,13H,2-3,5,10H2,1H3/t13-/m1/s1. The Morgan fingerprint density at radius 2 is 2.32 bits per heavy atom. The first kappa shape index (κ1) is 12.7. The van der Waals surface area contributed by atoms with E-state index in [-0.39, 0.29) is 0 Å². The third-order valence-corrected chi connectivity index (χ3v) is 4.16. The SMILES string of the molecule is Cc1nccn1C[C@H]1CCCN1c1cncc(Br)c1. The number of pyridine rings is 1. The van der Waals surface area contributed by atoms with E-state index in [0.717, 1.165) is 23.4 Å². The molecule has 0 unspecified atom stereocenters. The van der Waals surface area contributed by atoms with Crippen molar-refractivity contribution in [3.05, 3.63) is 41.2 Å². The van der Waals surface area contributed by atoms with Crippen LogP contribution < -0.4 is 4.90 Å². The summed E-state index contributed by atoms with van der Waals surface area (Å²) in [4.78, 5) is 11.0. The van der Waals surface area contributed by atoms with Crippen LogP contribution in [0.25, 0.3) is 0 Å². The van der Waals surface area contributed by atoms with Gasteiger partial charge in [0, 0.05) is 42.2 Å². The van der Waals surface area contributed by atoms with Gasteiger partial charge >= 0.3 is 0 Å². The first-order chi connectivity index (χ1) is 9.24. The molecular formula is C14H17BrN4. The van der Waals surface area contributed by atoms with Crippen molar-refractivity contribution in [3.63, 3.8) is 0 Å². The average molecular weight is 321 g/mol. The molecular weight excluding hydrogens is 304 g/mol. The number of rotatable bonds is 3. The van der Waals surface area contributed by atoms with Crippen molar-refractivity contribution in [2.45, 2.75) is 32.4 Å². The molecule has 0 saturated carbocycles. The van der Waals surface area contributed by atoms with Gasteiger partial charge in [-0.1, -0.05) is 0 Å². The lowest BCUT2D eigenvalue weighted by atomic mass is 10.2. The molecule has 1 fully saturated rings. The molecule has 3 rings (SSSR count). The van der Waals surface area contributed by atoms with E-state index in [1.54, 1.807) is 0 Å². The van der Waals surface area contributed by atoms with Gasteiger partial charge in [0.25, 0.3) is 0 Å². The molecule has 0 aliphatic carbocycles. The topological polar surface area (TPSA) is 34.0 Å². The minimum Gasteiger partial charge on any atom is -0.365 e. The Morgan fingerprint density at radius 3 is 3.05 bits per heavy atom. The maximum absolute atomic E-state index is 4.30. The molecule has 1 saturated heterocycles. The lowest BCUT2D eigenvalue weighted by Gasteiger charge is -2.27. The summed E-state index contributed by atoms with van der Waals surface area (Å²) in [6, 6.07) is 2.68. The summed E-state index contributed by atoms with van der Waals surface area (Å²) in [6.45, 7) is 4.16. The van der Waals surface area contributed by atoms with Gasteiger partial charge < -0.3 is 9.47 Å². The predicted octanol–water partition coefficient (Wildman–Crippen LogP) is 3.02. The molecule has 1 atom stereocenters. The number of aryl methyl sites for hydroxylation is 1. The van der Waals surface area contributed by atoms with Gasteiger partial charge in [-0.05, 0) is 41.8 Å². The van der Waals surface area contributed by atoms with Crippen LogP contribution in [0.4, 0.5) is 5.69 Å². The highest BCUT2D eigenvalue weighted by Crippen LogP contribution is 2.27. The summed E-state index contributed by atoms with van der Waals surface area (Å²) >= 11 is 3.50. The molecule has 0 amide bonds. The van der Waals surface area contributed by atoms with Crippen molar-refractivity contribution < 1.29 is 0 Å². The number of halogens is 1. The van der Waals surface area contributed by atoms with E-state index in [4.69, 9.17) is 0 Å². The molecule has 3 heterocycles. The van der Waals surface area contributed by atoms with Crippen LogP contribution in [0.1, 0.15) is 18.7 Å². The lowest BCUT2D eigenvalue weighted by Crippen LogP contribution is -2.33. The van der Waals surface area contributed by atoms with Gasteiger partial charge in [-0.3, -0.25) is 4.98 Å². The maximum atomic E-state index is 4.30. The van der Waals surface area contributed by atoms with Crippen LogP contribution in [0.5, 0.6) is 0 Å². The monoisotopic (exact) mass is 320 g/mol. The second-order valence-corrected chi connectivity index (χ2v) is 5.89. The van der Waals surface area contributed by atoms with E-state index in [0.29, 0.717) is 6.04 Å². The Kier molecular flexibility index (Phi) is 3.55. The second-order valence-electron chi connectivity index (χ2n) is 4.98. The summed E-state index contributed by atoms with van der Waals surface area (Å²) < 4.78 is 3.27. The molecule has 19 heavy (non-hydrogen) atoms. The van der Waals surface area contributed by atoms with Gasteiger partial charge in [-0.2, -0.15) is 0 Å². The van der Waals surface area contributed by atoms with E-state index in [2.05, 4.69) is 54.6 Å². The van der Waals surface area contributed by atoms with Crippen LogP contribution in [-0.2, 0) is 6.54 Å². The molecule has 0 aromatic carbocycles. The molecule has 5 heteroatoms. The van der Waals surface area contributed by atoms with E-state index >= 15 is 0 Å². The van der Waals surface area contributed by atoms with Gasteiger partial charge in [-0.15, -0.1) is 0 Å². The van der Waals surface area contributed by atoms with Gasteiger partial charge in [0.15, 0.2) is 0 Å². The summed E-state index contributed by atoms with van der Waals surface area (Å²) in [7, 11) is 0. The smallest absolute Gasteiger partial charge is 0.105 e. The van der Waals surface area contributed by atoms with Gasteiger partial charge in [0.05, 0.1) is 11.9 Å². The third-order valence-electron chi connectivity index (χ3n) is 3.73. The van der Waals surface area contributed by atoms with Gasteiger partial charge in [-0.25, -0.2) is 4.98 Å². The molecule has 2 aromatic rings. The van der Waals surface area contributed by atoms with Crippen molar-refractivity contribution >= 4 is 21.6 Å². The van der Waals surface area contributed by atoms with E-state index in [1.807, 2.05) is 18.6 Å². The predicted molar refractivity (Wildman–Crippen MR) is 79.3 cm³/mol. The van der Waals surface area contributed by atoms with Crippen molar-refractivity contribution in [1.82, 2.24) is 14.5 Å². The van der Waals surface area contributed by atoms with Gasteiger partial charge in [0.1, 0.15) is 5.82 Å². The number of aromatic nitrogens is 3. The summed E-state index contributed by atoms with van der Waals surface area (Å²) in [5, 5.41) is 0. The van der Waals surface area contributed by atoms with Crippen LogP contribution in [-0.4, -0.2) is 27.1 Å². The number of nitrogens with zero attached hydrogens (tertiary/aromatic N) is 4. The lowest BCUT2D eigenvalue weighted by molar-refractivity contribution is 0.540. The van der Waals surface area contributed by atoms with Crippen molar-refractivity contribution in [1.29, 1.82) is 0 Å². The number of hydrogen-bond donors (Lipinski definition) is 0. The highest BCUT2D eigenvalue weighted by molar-refractivity contribution is 9.10. The highest BCUT2D eigenvalue weighted by atomic mass is 79.9. The average Bonchev–Trinajstić information content (AvgIpc) is 3.00. The Labute approximate surface area is 121 Å². The van der Waals surface area contributed by atoms with Gasteiger partial charge in [0.2, 0.25) is 0 Å². The quantitative estimate of drug-likeness (QED) is 0.871. The highest BCUT2D eigenvalue weighted by Gasteiger charge is 2.25. The summed E-state index contributed by atoms with van der Waals surface area (Å²) in [5.74, 6) is 1.08. The zero-order valence-corrected chi connectivity index (χ0v) is 12.5. The van der Waals surface area contributed by atoms with E-state index in [1.165, 1.54) is 18.5 Å². The molecule has 100 valence electrons. The molecule has 0 N–H and O–H groups in total. The summed E-state index contributed by atoms with van der Waals surface area (Å²) in [6.07, 6.45) is 10.2. The fourth-order valence-electron chi connectivity index (χ4n) is 2.75. The summed E-state index contributed by atoms with van der Waals surface area (Å²) in [5.41, 5.74) is 1.20. The zero-order chi connectivity index (χ0) is 13.2. The van der Waals surface area contributed by atoms with Crippen LogP contribution in [0, 0.1) is 6.92 Å². The second kappa shape index (κ2) is 5.33. The van der Waals surface area contributed by atoms with Crippen molar-refractivity contribution in [3.8, 4) is 0 Å². The van der Waals surface area contributed by atoms with E-state index in [9.17, 15) is 0 Å². The molecule has 2 aromatic heterocycles. The normalized spacial score (nSPS) is 19.1. The molecule has 0 spiro atoms. The number of anilines is 1. The molecule has 0 radical (unpaired) electrons. The van der Waals surface area contributed by atoms with Crippen molar-refractivity contribution in [2.75, 3.05) is 11.4 Å². The van der Waals surface area contributed by atoms with E-state index < -0.39 is 0 Å². The molecule has 1 aliphatic rings. The number of hydrogen-bond acceptors (Lipinski definition) is 3. The van der Waals surface area contributed by atoms with Crippen LogP contribution in [0.3, 0.4) is 0 Å². The Balaban J connectivity index is 1.80. The fraction of sp³-hybridized carbons (Fsp3) is 0.429. The third kappa shape index (κ3) is 2.66. The van der Waals surface area contributed by atoms with Crippen molar-refractivity contribution in [2.24, 2.45) is 0 Å². The minimum absolute atomic E-state index is 0.531. The first-order valence-electron chi connectivity index (χ1n) is 6.59.